The monoisotopic (exact) mass is 410 g/mol. The molecule has 0 radical (unpaired) electrons. The third-order valence-corrected chi connectivity index (χ3v) is 6.63. The minimum absolute atomic E-state index is 0.0738. The number of piperidine rings is 1. The molecule has 2 aromatic carbocycles. The summed E-state index contributed by atoms with van der Waals surface area (Å²) in [7, 11) is -2.60. The van der Waals surface area contributed by atoms with Gasteiger partial charge in [0.15, 0.2) is 11.6 Å². The van der Waals surface area contributed by atoms with Crippen molar-refractivity contribution in [2.24, 2.45) is 5.92 Å². The Morgan fingerprint density at radius 1 is 1.11 bits per heavy atom. The average Bonchev–Trinajstić information content (AvgIpc) is 2.68. The summed E-state index contributed by atoms with van der Waals surface area (Å²) in [5.74, 6) is -2.05. The van der Waals surface area contributed by atoms with Gasteiger partial charge in [-0.3, -0.25) is 4.79 Å². The molecule has 3 rings (SSSR count). The van der Waals surface area contributed by atoms with E-state index in [2.05, 4.69) is 5.32 Å². The van der Waals surface area contributed by atoms with Gasteiger partial charge >= 0.3 is 0 Å². The first-order valence-corrected chi connectivity index (χ1v) is 10.2. The maximum absolute atomic E-state index is 13.9. The lowest BCUT2D eigenvalue weighted by Crippen LogP contribution is -2.41. The molecule has 1 heterocycles. The second kappa shape index (κ2) is 8.24. The van der Waals surface area contributed by atoms with Crippen LogP contribution in [-0.4, -0.2) is 38.8 Å². The molecule has 0 saturated carbocycles. The molecule has 1 saturated heterocycles. The summed E-state index contributed by atoms with van der Waals surface area (Å²) in [5.41, 5.74) is 0.296. The van der Waals surface area contributed by atoms with E-state index in [9.17, 15) is 22.0 Å². The largest absolute Gasteiger partial charge is 0.494 e. The van der Waals surface area contributed by atoms with Crippen molar-refractivity contribution < 1.29 is 26.7 Å². The number of halogens is 2. The Morgan fingerprint density at radius 2 is 1.79 bits per heavy atom. The maximum Gasteiger partial charge on any atom is 0.245 e. The lowest BCUT2D eigenvalue weighted by Gasteiger charge is -2.30. The van der Waals surface area contributed by atoms with Crippen molar-refractivity contribution >= 4 is 21.6 Å². The van der Waals surface area contributed by atoms with Crippen LogP contribution in [0.25, 0.3) is 0 Å². The van der Waals surface area contributed by atoms with Gasteiger partial charge in [0.1, 0.15) is 10.7 Å². The van der Waals surface area contributed by atoms with E-state index in [1.54, 1.807) is 0 Å². The zero-order chi connectivity index (χ0) is 20.3. The molecule has 0 spiro atoms. The Balaban J connectivity index is 1.63. The topological polar surface area (TPSA) is 75.7 Å². The van der Waals surface area contributed by atoms with Gasteiger partial charge in [-0.15, -0.1) is 0 Å². The number of methoxy groups -OCH3 is 1. The predicted octanol–water partition coefficient (Wildman–Crippen LogP) is 3.01. The number of ether oxygens (including phenoxy) is 1. The summed E-state index contributed by atoms with van der Waals surface area (Å²) in [5, 5.41) is 2.64. The predicted molar refractivity (Wildman–Crippen MR) is 99.5 cm³/mol. The summed E-state index contributed by atoms with van der Waals surface area (Å²) in [4.78, 5) is 12.1. The van der Waals surface area contributed by atoms with Crippen LogP contribution in [0.1, 0.15) is 12.8 Å². The molecule has 1 fully saturated rings. The fraction of sp³-hybridized carbons (Fsp3) is 0.316. The van der Waals surface area contributed by atoms with E-state index >= 15 is 0 Å². The van der Waals surface area contributed by atoms with Gasteiger partial charge in [-0.25, -0.2) is 17.2 Å². The van der Waals surface area contributed by atoms with Gasteiger partial charge < -0.3 is 10.1 Å². The first-order valence-electron chi connectivity index (χ1n) is 8.72. The van der Waals surface area contributed by atoms with Crippen molar-refractivity contribution in [1.29, 1.82) is 0 Å². The van der Waals surface area contributed by atoms with Crippen LogP contribution in [0.3, 0.4) is 0 Å². The van der Waals surface area contributed by atoms with E-state index in [4.69, 9.17) is 4.74 Å². The fourth-order valence-electron chi connectivity index (χ4n) is 3.14. The first-order chi connectivity index (χ1) is 13.3. The fourth-order valence-corrected chi connectivity index (χ4v) is 4.67. The molecule has 1 amide bonds. The summed E-state index contributed by atoms with van der Waals surface area (Å²) >= 11 is 0. The second-order valence-corrected chi connectivity index (χ2v) is 8.35. The average molecular weight is 410 g/mol. The van der Waals surface area contributed by atoms with Gasteiger partial charge in [-0.1, -0.05) is 12.1 Å². The van der Waals surface area contributed by atoms with Crippen molar-refractivity contribution in [2.75, 3.05) is 25.5 Å². The van der Waals surface area contributed by atoms with E-state index in [1.807, 2.05) is 0 Å². The summed E-state index contributed by atoms with van der Waals surface area (Å²) in [6, 6.07) is 9.31. The van der Waals surface area contributed by atoms with Crippen LogP contribution in [0.4, 0.5) is 14.5 Å². The van der Waals surface area contributed by atoms with E-state index in [0.29, 0.717) is 5.69 Å². The Hall–Kier alpha value is -2.52. The SMILES string of the molecule is COc1ccc(NC(=O)C2CCN(S(=O)(=O)c3ccccc3F)CC2)cc1F. The Labute approximate surface area is 162 Å². The third kappa shape index (κ3) is 4.15. The third-order valence-electron chi connectivity index (χ3n) is 4.70. The summed E-state index contributed by atoms with van der Waals surface area (Å²) in [6.07, 6.45) is 0.580. The van der Waals surface area contributed by atoms with Crippen LogP contribution < -0.4 is 10.1 Å². The van der Waals surface area contributed by atoms with Gasteiger partial charge in [-0.2, -0.15) is 4.31 Å². The van der Waals surface area contributed by atoms with Crippen molar-refractivity contribution in [3.8, 4) is 5.75 Å². The zero-order valence-corrected chi connectivity index (χ0v) is 16.0. The highest BCUT2D eigenvalue weighted by atomic mass is 32.2. The Bertz CT molecular complexity index is 974. The number of hydrogen-bond donors (Lipinski definition) is 1. The Kier molecular flexibility index (Phi) is 5.95. The molecule has 28 heavy (non-hydrogen) atoms. The maximum atomic E-state index is 13.9. The molecular weight excluding hydrogens is 390 g/mol. The summed E-state index contributed by atoms with van der Waals surface area (Å²) < 4.78 is 58.8. The van der Waals surface area contributed by atoms with E-state index < -0.39 is 27.6 Å². The van der Waals surface area contributed by atoms with E-state index in [-0.39, 0.29) is 42.5 Å². The molecule has 0 aromatic heterocycles. The number of nitrogens with zero attached hydrogens (tertiary/aromatic N) is 1. The number of anilines is 1. The van der Waals surface area contributed by atoms with Gasteiger partial charge in [0, 0.05) is 30.8 Å². The minimum Gasteiger partial charge on any atom is -0.494 e. The lowest BCUT2D eigenvalue weighted by molar-refractivity contribution is -0.120. The number of amides is 1. The van der Waals surface area contributed by atoms with E-state index in [1.165, 1.54) is 41.7 Å². The molecule has 0 bridgehead atoms. The van der Waals surface area contributed by atoms with Gasteiger partial charge in [0.05, 0.1) is 7.11 Å². The van der Waals surface area contributed by atoms with Crippen LogP contribution in [0.2, 0.25) is 0 Å². The minimum atomic E-state index is -3.95. The number of nitrogens with one attached hydrogen (secondary N) is 1. The first kappa shape index (κ1) is 20.2. The number of sulfonamides is 1. The van der Waals surface area contributed by atoms with Crippen LogP contribution >= 0.6 is 0 Å². The van der Waals surface area contributed by atoms with Crippen molar-refractivity contribution in [1.82, 2.24) is 4.31 Å². The molecule has 2 aromatic rings. The number of hydrogen-bond acceptors (Lipinski definition) is 4. The highest BCUT2D eigenvalue weighted by Gasteiger charge is 2.33. The molecular formula is C19H20F2N2O4S. The number of benzene rings is 2. The van der Waals surface area contributed by atoms with Crippen LogP contribution in [0.5, 0.6) is 5.75 Å². The Morgan fingerprint density at radius 3 is 2.39 bits per heavy atom. The number of carbonyl (C=O) groups excluding carboxylic acids is 1. The normalized spacial score (nSPS) is 16.0. The van der Waals surface area contributed by atoms with Gasteiger partial charge in [0.25, 0.3) is 0 Å². The summed E-state index contributed by atoms with van der Waals surface area (Å²) in [6.45, 7) is 0.206. The smallest absolute Gasteiger partial charge is 0.245 e. The molecule has 0 atom stereocenters. The van der Waals surface area contributed by atoms with Gasteiger partial charge in [0.2, 0.25) is 15.9 Å². The van der Waals surface area contributed by atoms with Gasteiger partial charge in [-0.05, 0) is 37.1 Å². The zero-order valence-electron chi connectivity index (χ0n) is 15.2. The lowest BCUT2D eigenvalue weighted by atomic mass is 9.97. The van der Waals surface area contributed by atoms with Crippen LogP contribution in [-0.2, 0) is 14.8 Å². The highest BCUT2D eigenvalue weighted by Crippen LogP contribution is 2.27. The number of rotatable bonds is 5. The molecule has 0 unspecified atom stereocenters. The van der Waals surface area contributed by atoms with Crippen LogP contribution in [0.15, 0.2) is 47.4 Å². The van der Waals surface area contributed by atoms with Crippen molar-refractivity contribution in [3.05, 3.63) is 54.1 Å². The molecule has 6 nitrogen and oxygen atoms in total. The molecule has 1 N–H and O–H groups in total. The quantitative estimate of drug-likeness (QED) is 0.822. The molecule has 9 heteroatoms. The standard InChI is InChI=1S/C19H20F2N2O4S/c1-27-17-7-6-14(12-16(17)21)22-19(24)13-8-10-23(11-9-13)28(25,26)18-5-3-2-4-15(18)20/h2-7,12-13H,8-11H2,1H3,(H,22,24). The molecule has 150 valence electrons. The number of carbonyl (C=O) groups is 1. The molecule has 1 aliphatic rings. The highest BCUT2D eigenvalue weighted by molar-refractivity contribution is 7.89. The second-order valence-electron chi connectivity index (χ2n) is 6.45. The van der Waals surface area contributed by atoms with Crippen molar-refractivity contribution in [2.45, 2.75) is 17.7 Å². The molecule has 0 aliphatic carbocycles. The van der Waals surface area contributed by atoms with E-state index in [0.717, 1.165) is 12.1 Å². The van der Waals surface area contributed by atoms with Crippen LogP contribution in [0, 0.1) is 17.6 Å². The van der Waals surface area contributed by atoms with Crippen molar-refractivity contribution in [3.63, 3.8) is 0 Å². The molecule has 1 aliphatic heterocycles.